The summed E-state index contributed by atoms with van der Waals surface area (Å²) in [6.07, 6.45) is 1.85. The Balaban J connectivity index is 1.53. The summed E-state index contributed by atoms with van der Waals surface area (Å²) in [7, 11) is 0. The molecule has 0 spiro atoms. The Kier molecular flexibility index (Phi) is 6.57. The number of carbonyl (C=O) groups excluding carboxylic acids is 1. The van der Waals surface area contributed by atoms with Gasteiger partial charge in [-0.3, -0.25) is 14.4 Å². The average Bonchev–Trinajstić information content (AvgIpc) is 3.20. The zero-order valence-electron chi connectivity index (χ0n) is 17.3. The molecule has 0 radical (unpaired) electrons. The zero-order chi connectivity index (χ0) is 20.8. The zero-order valence-corrected chi connectivity index (χ0v) is 17.3. The van der Waals surface area contributed by atoms with Crippen molar-refractivity contribution in [3.8, 4) is 11.3 Å². The average molecular weight is 405 g/mol. The minimum atomic E-state index is -0.0890. The van der Waals surface area contributed by atoms with Gasteiger partial charge in [-0.1, -0.05) is 60.7 Å². The molecule has 30 heavy (non-hydrogen) atoms. The summed E-state index contributed by atoms with van der Waals surface area (Å²) >= 11 is 0. The largest absolute Gasteiger partial charge is 0.379 e. The Morgan fingerprint density at radius 3 is 2.43 bits per heavy atom. The molecule has 6 nitrogen and oxygen atoms in total. The number of morpholine rings is 1. The Morgan fingerprint density at radius 1 is 1.07 bits per heavy atom. The molecule has 0 bridgehead atoms. The Bertz CT molecular complexity index is 950. The van der Waals surface area contributed by atoms with Gasteiger partial charge < -0.3 is 10.1 Å². The van der Waals surface area contributed by atoms with Gasteiger partial charge in [-0.15, -0.1) is 0 Å². The Hall–Kier alpha value is -2.96. The van der Waals surface area contributed by atoms with Crippen molar-refractivity contribution >= 4 is 5.91 Å². The Morgan fingerprint density at radius 2 is 1.73 bits per heavy atom. The fourth-order valence-electron chi connectivity index (χ4n) is 3.77. The van der Waals surface area contributed by atoms with E-state index in [1.54, 1.807) is 0 Å². The molecular formula is C24H28N4O2. The van der Waals surface area contributed by atoms with Gasteiger partial charge in [-0.2, -0.15) is 5.10 Å². The fourth-order valence-corrected chi connectivity index (χ4v) is 3.77. The van der Waals surface area contributed by atoms with Gasteiger partial charge in [0.05, 0.1) is 25.3 Å². The summed E-state index contributed by atoms with van der Waals surface area (Å²) in [6.45, 7) is 6.81. The summed E-state index contributed by atoms with van der Waals surface area (Å²) in [5, 5.41) is 7.90. The van der Waals surface area contributed by atoms with Gasteiger partial charge in [0.15, 0.2) is 0 Å². The van der Waals surface area contributed by atoms with E-state index in [0.717, 1.165) is 44.0 Å². The van der Waals surface area contributed by atoms with Gasteiger partial charge in [-0.25, -0.2) is 0 Å². The first-order valence-corrected chi connectivity index (χ1v) is 10.5. The lowest BCUT2D eigenvalue weighted by molar-refractivity contribution is 0.0342. The van der Waals surface area contributed by atoms with Gasteiger partial charge in [-0.05, 0) is 12.5 Å². The van der Waals surface area contributed by atoms with E-state index in [1.165, 1.54) is 0 Å². The number of nitrogens with one attached hydrogen (secondary N) is 1. The number of hydrogen-bond donors (Lipinski definition) is 1. The van der Waals surface area contributed by atoms with E-state index in [0.29, 0.717) is 17.8 Å². The summed E-state index contributed by atoms with van der Waals surface area (Å²) in [6, 6.07) is 20.1. The van der Waals surface area contributed by atoms with Gasteiger partial charge in [0.1, 0.15) is 5.69 Å². The first-order valence-electron chi connectivity index (χ1n) is 10.5. The number of benzene rings is 2. The van der Waals surface area contributed by atoms with Crippen molar-refractivity contribution in [2.24, 2.45) is 0 Å². The van der Waals surface area contributed by atoms with Crippen molar-refractivity contribution < 1.29 is 9.53 Å². The summed E-state index contributed by atoms with van der Waals surface area (Å²) in [4.78, 5) is 15.5. The molecule has 1 aromatic heterocycles. The predicted molar refractivity (Wildman–Crippen MR) is 117 cm³/mol. The van der Waals surface area contributed by atoms with Crippen LogP contribution in [0.4, 0.5) is 0 Å². The smallest absolute Gasteiger partial charge is 0.255 e. The van der Waals surface area contributed by atoms with Crippen LogP contribution in [0.2, 0.25) is 0 Å². The van der Waals surface area contributed by atoms with Crippen LogP contribution in [-0.4, -0.2) is 59.5 Å². The van der Waals surface area contributed by atoms with E-state index in [9.17, 15) is 4.79 Å². The van der Waals surface area contributed by atoms with Gasteiger partial charge >= 0.3 is 0 Å². The topological polar surface area (TPSA) is 59.4 Å². The predicted octanol–water partition coefficient (Wildman–Crippen LogP) is 3.05. The second-order valence-corrected chi connectivity index (χ2v) is 7.73. The molecule has 1 atom stereocenters. The lowest BCUT2D eigenvalue weighted by Gasteiger charge is -2.29. The van der Waals surface area contributed by atoms with Crippen LogP contribution in [0.3, 0.4) is 0 Å². The highest BCUT2D eigenvalue weighted by Crippen LogP contribution is 2.22. The maximum atomic E-state index is 13.1. The van der Waals surface area contributed by atoms with Crippen LogP contribution in [0.1, 0.15) is 22.8 Å². The van der Waals surface area contributed by atoms with Crippen molar-refractivity contribution in [1.82, 2.24) is 20.0 Å². The summed E-state index contributed by atoms with van der Waals surface area (Å²) in [5.41, 5.74) is 3.40. The number of carbonyl (C=O) groups is 1. The molecular weight excluding hydrogens is 376 g/mol. The molecule has 1 unspecified atom stereocenters. The summed E-state index contributed by atoms with van der Waals surface area (Å²) in [5.74, 6) is -0.0890. The van der Waals surface area contributed by atoms with E-state index in [-0.39, 0.29) is 11.9 Å². The molecule has 1 aliphatic rings. The van der Waals surface area contributed by atoms with Gasteiger partial charge in [0.25, 0.3) is 5.91 Å². The van der Waals surface area contributed by atoms with Crippen LogP contribution in [-0.2, 0) is 11.3 Å². The number of aromatic nitrogens is 2. The van der Waals surface area contributed by atoms with Crippen LogP contribution in [0.25, 0.3) is 11.3 Å². The number of amides is 1. The molecule has 1 fully saturated rings. The molecule has 2 heterocycles. The molecule has 1 aliphatic heterocycles. The lowest BCUT2D eigenvalue weighted by atomic mass is 10.1. The van der Waals surface area contributed by atoms with E-state index < -0.39 is 0 Å². The van der Waals surface area contributed by atoms with Crippen molar-refractivity contribution in [1.29, 1.82) is 0 Å². The monoisotopic (exact) mass is 404 g/mol. The highest BCUT2D eigenvalue weighted by Gasteiger charge is 2.21. The minimum absolute atomic E-state index is 0.0386. The molecule has 0 aliphatic carbocycles. The van der Waals surface area contributed by atoms with Crippen LogP contribution in [0, 0.1) is 0 Å². The highest BCUT2D eigenvalue weighted by molar-refractivity contribution is 5.99. The van der Waals surface area contributed by atoms with Crippen molar-refractivity contribution in [2.45, 2.75) is 19.5 Å². The number of ether oxygens (including phenoxy) is 1. The Labute approximate surface area is 177 Å². The van der Waals surface area contributed by atoms with Crippen LogP contribution in [0.15, 0.2) is 66.9 Å². The molecule has 156 valence electrons. The van der Waals surface area contributed by atoms with Crippen molar-refractivity contribution in [2.75, 3.05) is 32.8 Å². The minimum Gasteiger partial charge on any atom is -0.379 e. The standard InChI is InChI=1S/C24H28N4O2/c1-19(16-27-12-14-30-15-13-27)25-24(29)22-18-28(17-20-8-4-2-5-9-20)26-23(22)21-10-6-3-7-11-21/h2-11,18-19H,12-17H2,1H3,(H,25,29). The molecule has 3 aromatic rings. The van der Waals surface area contributed by atoms with Crippen molar-refractivity contribution in [3.63, 3.8) is 0 Å². The quantitative estimate of drug-likeness (QED) is 0.658. The second-order valence-electron chi connectivity index (χ2n) is 7.73. The van der Waals surface area contributed by atoms with E-state index in [1.807, 2.05) is 66.3 Å². The molecule has 2 aromatic carbocycles. The third-order valence-electron chi connectivity index (χ3n) is 5.25. The molecule has 4 rings (SSSR count). The first-order chi connectivity index (χ1) is 14.7. The van der Waals surface area contributed by atoms with Crippen LogP contribution in [0.5, 0.6) is 0 Å². The molecule has 0 saturated carbocycles. The third kappa shape index (κ3) is 5.14. The normalized spacial score (nSPS) is 15.6. The van der Waals surface area contributed by atoms with Gasteiger partial charge in [0.2, 0.25) is 0 Å². The van der Waals surface area contributed by atoms with E-state index in [4.69, 9.17) is 9.84 Å². The number of nitrogens with zero attached hydrogens (tertiary/aromatic N) is 3. The second kappa shape index (κ2) is 9.69. The number of rotatable bonds is 7. The highest BCUT2D eigenvalue weighted by atomic mass is 16.5. The maximum Gasteiger partial charge on any atom is 0.255 e. The molecule has 1 N–H and O–H groups in total. The van der Waals surface area contributed by atoms with Crippen molar-refractivity contribution in [3.05, 3.63) is 78.0 Å². The molecule has 1 amide bonds. The van der Waals surface area contributed by atoms with Crippen LogP contribution < -0.4 is 5.32 Å². The van der Waals surface area contributed by atoms with E-state index >= 15 is 0 Å². The lowest BCUT2D eigenvalue weighted by Crippen LogP contribution is -2.46. The fraction of sp³-hybridized carbons (Fsp3) is 0.333. The molecule has 1 saturated heterocycles. The molecule has 6 heteroatoms. The maximum absolute atomic E-state index is 13.1. The summed E-state index contributed by atoms with van der Waals surface area (Å²) < 4.78 is 7.25. The van der Waals surface area contributed by atoms with Gasteiger partial charge in [0, 0.05) is 37.4 Å². The van der Waals surface area contributed by atoms with E-state index in [2.05, 4.69) is 22.3 Å². The van der Waals surface area contributed by atoms with Crippen LogP contribution >= 0.6 is 0 Å². The first kappa shape index (κ1) is 20.3. The number of hydrogen-bond acceptors (Lipinski definition) is 4. The SMILES string of the molecule is CC(CN1CCOCC1)NC(=O)c1cn(Cc2ccccc2)nc1-c1ccccc1. The third-order valence-corrected chi connectivity index (χ3v) is 5.25.